The summed E-state index contributed by atoms with van der Waals surface area (Å²) in [6.45, 7) is 3.59. The van der Waals surface area contributed by atoms with Crippen molar-refractivity contribution >= 4 is 17.2 Å². The van der Waals surface area contributed by atoms with Crippen LogP contribution >= 0.6 is 0 Å². The van der Waals surface area contributed by atoms with Gasteiger partial charge in [-0.15, -0.1) is 0 Å². The van der Waals surface area contributed by atoms with E-state index >= 15 is 0 Å². The van der Waals surface area contributed by atoms with E-state index in [4.69, 9.17) is 0 Å². The number of benzene rings is 1. The Bertz CT molecular complexity index is 553. The molecular formula is C15H18N2O. The zero-order chi connectivity index (χ0) is 12.4. The quantitative estimate of drug-likeness (QED) is 0.837. The van der Waals surface area contributed by atoms with Crippen LogP contribution in [0.5, 0.6) is 0 Å². The van der Waals surface area contributed by atoms with Crippen LogP contribution in [0.2, 0.25) is 0 Å². The first-order valence-corrected chi connectivity index (χ1v) is 6.65. The number of carbonyl (C=O) groups is 1. The van der Waals surface area contributed by atoms with E-state index in [-0.39, 0.29) is 0 Å². The van der Waals surface area contributed by atoms with E-state index in [2.05, 4.69) is 16.0 Å². The molecule has 0 atom stereocenters. The lowest BCUT2D eigenvalue weighted by Crippen LogP contribution is -2.21. The van der Waals surface area contributed by atoms with Crippen LogP contribution in [0.1, 0.15) is 28.9 Å². The molecule has 1 aromatic carbocycles. The number of nitrogens with zero attached hydrogens (tertiary/aromatic N) is 1. The molecule has 0 amide bonds. The van der Waals surface area contributed by atoms with Crippen LogP contribution in [0.3, 0.4) is 0 Å². The largest absolute Gasteiger partial charge is 0.358 e. The highest BCUT2D eigenvalue weighted by molar-refractivity contribution is 5.97. The smallest absolute Gasteiger partial charge is 0.150 e. The van der Waals surface area contributed by atoms with Gasteiger partial charge in [0.2, 0.25) is 0 Å². The van der Waals surface area contributed by atoms with Gasteiger partial charge in [-0.3, -0.25) is 4.79 Å². The monoisotopic (exact) mass is 242 g/mol. The summed E-state index contributed by atoms with van der Waals surface area (Å²) in [5.74, 6) is 0. The van der Waals surface area contributed by atoms with Crippen LogP contribution < -0.4 is 0 Å². The Morgan fingerprint density at radius 1 is 1.28 bits per heavy atom. The Balaban J connectivity index is 1.78. The van der Waals surface area contributed by atoms with Gasteiger partial charge in [0.25, 0.3) is 0 Å². The molecule has 2 heterocycles. The first-order chi connectivity index (χ1) is 8.86. The molecule has 3 heteroatoms. The van der Waals surface area contributed by atoms with Gasteiger partial charge >= 0.3 is 0 Å². The summed E-state index contributed by atoms with van der Waals surface area (Å²) in [5.41, 5.74) is 3.07. The van der Waals surface area contributed by atoms with Gasteiger partial charge in [0, 0.05) is 35.1 Å². The normalized spacial score (nSPS) is 16.4. The van der Waals surface area contributed by atoms with Crippen molar-refractivity contribution in [3.8, 4) is 0 Å². The molecule has 1 N–H and O–H groups in total. The number of H-pyrrole nitrogens is 1. The van der Waals surface area contributed by atoms with Crippen molar-refractivity contribution in [1.29, 1.82) is 0 Å². The van der Waals surface area contributed by atoms with Crippen LogP contribution in [-0.4, -0.2) is 35.8 Å². The molecule has 1 aliphatic heterocycles. The van der Waals surface area contributed by atoms with Gasteiger partial charge in [-0.05, 0) is 38.1 Å². The SMILES string of the molecule is O=Cc1cccc2[nH]c(CCN3CCCC3)cc12. The van der Waals surface area contributed by atoms with Gasteiger partial charge < -0.3 is 9.88 Å². The van der Waals surface area contributed by atoms with Crippen molar-refractivity contribution in [2.75, 3.05) is 19.6 Å². The maximum absolute atomic E-state index is 11.0. The molecule has 2 aromatic rings. The van der Waals surface area contributed by atoms with Crippen molar-refractivity contribution in [3.05, 3.63) is 35.5 Å². The van der Waals surface area contributed by atoms with E-state index < -0.39 is 0 Å². The van der Waals surface area contributed by atoms with E-state index in [0.717, 1.165) is 35.7 Å². The molecule has 0 bridgehead atoms. The summed E-state index contributed by atoms with van der Waals surface area (Å²) >= 11 is 0. The summed E-state index contributed by atoms with van der Waals surface area (Å²) in [7, 11) is 0. The topological polar surface area (TPSA) is 36.1 Å². The van der Waals surface area contributed by atoms with E-state index in [1.807, 2.05) is 18.2 Å². The second kappa shape index (κ2) is 4.94. The van der Waals surface area contributed by atoms with Crippen molar-refractivity contribution in [2.45, 2.75) is 19.3 Å². The molecular weight excluding hydrogens is 224 g/mol. The number of carbonyl (C=O) groups excluding carboxylic acids is 1. The fraction of sp³-hybridized carbons (Fsp3) is 0.400. The second-order valence-electron chi connectivity index (χ2n) is 5.02. The molecule has 0 saturated carbocycles. The van der Waals surface area contributed by atoms with E-state index in [1.54, 1.807) is 0 Å². The molecule has 18 heavy (non-hydrogen) atoms. The highest BCUT2D eigenvalue weighted by Gasteiger charge is 2.12. The highest BCUT2D eigenvalue weighted by Crippen LogP contribution is 2.19. The molecule has 0 unspecified atom stereocenters. The lowest BCUT2D eigenvalue weighted by Gasteiger charge is -2.13. The van der Waals surface area contributed by atoms with Crippen LogP contribution in [0, 0.1) is 0 Å². The first kappa shape index (κ1) is 11.5. The number of aldehydes is 1. The summed E-state index contributed by atoms with van der Waals surface area (Å²) in [5, 5.41) is 1.05. The molecule has 3 rings (SSSR count). The van der Waals surface area contributed by atoms with Crippen LogP contribution in [0.25, 0.3) is 10.9 Å². The van der Waals surface area contributed by atoms with Crippen molar-refractivity contribution in [2.24, 2.45) is 0 Å². The predicted molar refractivity (Wildman–Crippen MR) is 73.1 cm³/mol. The number of fused-ring (bicyclic) bond motifs is 1. The summed E-state index contributed by atoms with van der Waals surface area (Å²) < 4.78 is 0. The number of likely N-dealkylation sites (tertiary alicyclic amines) is 1. The molecule has 1 fully saturated rings. The van der Waals surface area contributed by atoms with Crippen molar-refractivity contribution in [3.63, 3.8) is 0 Å². The van der Waals surface area contributed by atoms with E-state index in [9.17, 15) is 4.79 Å². The van der Waals surface area contributed by atoms with Gasteiger partial charge in [-0.25, -0.2) is 0 Å². The first-order valence-electron chi connectivity index (χ1n) is 6.65. The number of rotatable bonds is 4. The Labute approximate surface area is 107 Å². The third-order valence-corrected chi connectivity index (χ3v) is 3.78. The number of hydrogen-bond acceptors (Lipinski definition) is 2. The minimum Gasteiger partial charge on any atom is -0.358 e. The minimum absolute atomic E-state index is 0.774. The molecule has 0 radical (unpaired) electrons. The average Bonchev–Trinajstić information content (AvgIpc) is 3.04. The number of nitrogens with one attached hydrogen (secondary N) is 1. The predicted octanol–water partition coefficient (Wildman–Crippen LogP) is 2.62. The Morgan fingerprint density at radius 2 is 2.11 bits per heavy atom. The second-order valence-corrected chi connectivity index (χ2v) is 5.02. The molecule has 0 aliphatic carbocycles. The Hall–Kier alpha value is -1.61. The fourth-order valence-electron chi connectivity index (χ4n) is 2.76. The molecule has 1 saturated heterocycles. The van der Waals surface area contributed by atoms with Gasteiger partial charge in [-0.1, -0.05) is 12.1 Å². The van der Waals surface area contributed by atoms with Gasteiger partial charge in [0.1, 0.15) is 0 Å². The molecule has 94 valence electrons. The number of aromatic nitrogens is 1. The zero-order valence-corrected chi connectivity index (χ0v) is 10.5. The van der Waals surface area contributed by atoms with E-state index in [0.29, 0.717) is 0 Å². The van der Waals surface area contributed by atoms with Crippen molar-refractivity contribution in [1.82, 2.24) is 9.88 Å². The third kappa shape index (κ3) is 2.18. The van der Waals surface area contributed by atoms with Crippen molar-refractivity contribution < 1.29 is 4.79 Å². The number of aromatic amines is 1. The average molecular weight is 242 g/mol. The maximum Gasteiger partial charge on any atom is 0.150 e. The number of hydrogen-bond donors (Lipinski definition) is 1. The van der Waals surface area contributed by atoms with Crippen LogP contribution in [0.15, 0.2) is 24.3 Å². The molecule has 1 aliphatic rings. The standard InChI is InChI=1S/C15H18N2O/c18-11-12-4-3-5-15-14(12)10-13(16-15)6-9-17-7-1-2-8-17/h3-5,10-11,16H,1-2,6-9H2. The summed E-state index contributed by atoms with van der Waals surface area (Å²) in [4.78, 5) is 16.9. The van der Waals surface area contributed by atoms with Crippen LogP contribution in [-0.2, 0) is 6.42 Å². The molecule has 1 aromatic heterocycles. The third-order valence-electron chi connectivity index (χ3n) is 3.78. The summed E-state index contributed by atoms with van der Waals surface area (Å²) in [6, 6.07) is 7.94. The van der Waals surface area contributed by atoms with Gasteiger partial charge in [-0.2, -0.15) is 0 Å². The minimum atomic E-state index is 0.774. The zero-order valence-electron chi connectivity index (χ0n) is 10.5. The Morgan fingerprint density at radius 3 is 2.89 bits per heavy atom. The fourth-order valence-corrected chi connectivity index (χ4v) is 2.76. The Kier molecular flexibility index (Phi) is 3.15. The van der Waals surface area contributed by atoms with Crippen LogP contribution in [0.4, 0.5) is 0 Å². The molecule has 3 nitrogen and oxygen atoms in total. The molecule has 0 spiro atoms. The van der Waals surface area contributed by atoms with Gasteiger partial charge in [0.15, 0.2) is 6.29 Å². The lowest BCUT2D eigenvalue weighted by atomic mass is 10.1. The van der Waals surface area contributed by atoms with E-state index in [1.165, 1.54) is 31.6 Å². The summed E-state index contributed by atoms with van der Waals surface area (Å²) in [6.07, 6.45) is 4.64. The van der Waals surface area contributed by atoms with Gasteiger partial charge in [0.05, 0.1) is 0 Å². The highest BCUT2D eigenvalue weighted by atomic mass is 16.1. The lowest BCUT2D eigenvalue weighted by molar-refractivity contribution is 0.112. The maximum atomic E-state index is 11.0.